The fourth-order valence-electron chi connectivity index (χ4n) is 4.08. The molecule has 1 saturated heterocycles. The first-order valence-corrected chi connectivity index (χ1v) is 11.3. The fraction of sp³-hybridized carbons (Fsp3) is 0.458. The second-order valence-electron chi connectivity index (χ2n) is 8.52. The summed E-state index contributed by atoms with van der Waals surface area (Å²) in [6.07, 6.45) is 8.88. The Labute approximate surface area is 188 Å². The van der Waals surface area contributed by atoms with E-state index in [4.69, 9.17) is 9.51 Å². The van der Waals surface area contributed by atoms with Gasteiger partial charge in [0.25, 0.3) is 5.91 Å². The maximum atomic E-state index is 12.9. The van der Waals surface area contributed by atoms with Crippen LogP contribution < -0.4 is 5.32 Å². The number of hydrogen-bond acceptors (Lipinski definition) is 7. The van der Waals surface area contributed by atoms with Crippen molar-refractivity contribution >= 4 is 11.9 Å². The Morgan fingerprint density at radius 1 is 1.25 bits per heavy atom. The summed E-state index contributed by atoms with van der Waals surface area (Å²) in [6, 6.07) is 5.98. The second-order valence-corrected chi connectivity index (χ2v) is 8.52. The lowest BCUT2D eigenvalue weighted by Gasteiger charge is -2.32. The predicted molar refractivity (Wildman–Crippen MR) is 122 cm³/mol. The van der Waals surface area contributed by atoms with Gasteiger partial charge in [0.2, 0.25) is 5.95 Å². The van der Waals surface area contributed by atoms with Crippen LogP contribution in [-0.4, -0.2) is 50.0 Å². The minimum absolute atomic E-state index is 0.0613. The molecule has 0 saturated carbocycles. The zero-order valence-corrected chi connectivity index (χ0v) is 18.9. The normalized spacial score (nSPS) is 14.7. The molecule has 4 rings (SSSR count). The number of hydrogen-bond donors (Lipinski definition) is 1. The summed E-state index contributed by atoms with van der Waals surface area (Å²) in [6.45, 7) is 7.53. The van der Waals surface area contributed by atoms with E-state index < -0.39 is 0 Å². The van der Waals surface area contributed by atoms with Crippen molar-refractivity contribution in [1.82, 2.24) is 25.0 Å². The van der Waals surface area contributed by atoms with Crippen molar-refractivity contribution in [3.63, 3.8) is 0 Å². The average Bonchev–Trinajstić information content (AvgIpc) is 3.28. The van der Waals surface area contributed by atoms with Gasteiger partial charge in [-0.15, -0.1) is 0 Å². The first kappa shape index (κ1) is 21.9. The van der Waals surface area contributed by atoms with E-state index in [1.165, 1.54) is 0 Å². The standard InChI is InChI=1S/C24H30N6O2/c1-4-5-19-14-21(29-32-19)23(31)30-12-8-18(9-13-30)22-20(17-6-10-25-11-7-17)15-26-24(28-22)27-16(2)3/h6-7,10-11,14-16,18H,4-5,8-9,12-13H2,1-3H3,(H,26,27,28). The fourth-order valence-corrected chi connectivity index (χ4v) is 4.08. The number of aryl methyl sites for hydroxylation is 1. The first-order valence-electron chi connectivity index (χ1n) is 11.3. The maximum Gasteiger partial charge on any atom is 0.276 e. The Hall–Kier alpha value is -3.29. The molecule has 168 valence electrons. The van der Waals surface area contributed by atoms with Crippen LogP contribution in [0.3, 0.4) is 0 Å². The minimum Gasteiger partial charge on any atom is -0.361 e. The molecule has 1 fully saturated rings. The molecule has 0 unspecified atom stereocenters. The van der Waals surface area contributed by atoms with E-state index in [0.717, 1.165) is 48.3 Å². The van der Waals surface area contributed by atoms with Gasteiger partial charge < -0.3 is 14.7 Å². The molecular weight excluding hydrogens is 404 g/mol. The van der Waals surface area contributed by atoms with Gasteiger partial charge in [-0.2, -0.15) is 0 Å². The van der Waals surface area contributed by atoms with Gasteiger partial charge in [0.05, 0.1) is 5.69 Å². The highest BCUT2D eigenvalue weighted by Gasteiger charge is 2.29. The van der Waals surface area contributed by atoms with Gasteiger partial charge in [0.1, 0.15) is 5.76 Å². The summed E-state index contributed by atoms with van der Waals surface area (Å²) in [5.41, 5.74) is 3.49. The molecular formula is C24H30N6O2. The Morgan fingerprint density at radius 3 is 2.69 bits per heavy atom. The largest absolute Gasteiger partial charge is 0.361 e. The number of pyridine rings is 1. The second kappa shape index (κ2) is 9.89. The number of piperidine rings is 1. The molecule has 0 atom stereocenters. The lowest BCUT2D eigenvalue weighted by Crippen LogP contribution is -2.38. The molecule has 3 aromatic heterocycles. The summed E-state index contributed by atoms with van der Waals surface area (Å²) >= 11 is 0. The monoisotopic (exact) mass is 434 g/mol. The van der Waals surface area contributed by atoms with E-state index in [-0.39, 0.29) is 17.9 Å². The number of carbonyl (C=O) groups excluding carboxylic acids is 1. The molecule has 0 aromatic carbocycles. The number of nitrogens with one attached hydrogen (secondary N) is 1. The summed E-state index contributed by atoms with van der Waals surface area (Å²) < 4.78 is 5.29. The molecule has 1 amide bonds. The number of anilines is 1. The molecule has 1 aliphatic rings. The number of aromatic nitrogens is 4. The number of carbonyl (C=O) groups is 1. The summed E-state index contributed by atoms with van der Waals surface area (Å²) in [5, 5.41) is 7.29. The van der Waals surface area contributed by atoms with Gasteiger partial charge in [-0.3, -0.25) is 9.78 Å². The van der Waals surface area contributed by atoms with Gasteiger partial charge in [-0.05, 0) is 50.8 Å². The van der Waals surface area contributed by atoms with E-state index in [1.807, 2.05) is 23.2 Å². The van der Waals surface area contributed by atoms with Crippen LogP contribution in [0.25, 0.3) is 11.1 Å². The van der Waals surface area contributed by atoms with Crippen molar-refractivity contribution in [3.8, 4) is 11.1 Å². The van der Waals surface area contributed by atoms with Crippen LogP contribution in [0.15, 0.2) is 41.3 Å². The van der Waals surface area contributed by atoms with E-state index >= 15 is 0 Å². The molecule has 3 aromatic rings. The number of amides is 1. The highest BCUT2D eigenvalue weighted by molar-refractivity contribution is 5.92. The molecule has 1 N–H and O–H groups in total. The van der Waals surface area contributed by atoms with Gasteiger partial charge >= 0.3 is 0 Å². The lowest BCUT2D eigenvalue weighted by molar-refractivity contribution is 0.0701. The van der Waals surface area contributed by atoms with Crippen molar-refractivity contribution in [2.75, 3.05) is 18.4 Å². The van der Waals surface area contributed by atoms with Crippen LogP contribution in [0, 0.1) is 0 Å². The molecule has 8 nitrogen and oxygen atoms in total. The van der Waals surface area contributed by atoms with Crippen LogP contribution in [-0.2, 0) is 6.42 Å². The highest BCUT2D eigenvalue weighted by Crippen LogP contribution is 2.34. The summed E-state index contributed by atoms with van der Waals surface area (Å²) in [7, 11) is 0. The van der Waals surface area contributed by atoms with Crippen molar-refractivity contribution in [2.45, 2.75) is 58.4 Å². The van der Waals surface area contributed by atoms with Crippen LogP contribution in [0.5, 0.6) is 0 Å². The topological polar surface area (TPSA) is 97.0 Å². The van der Waals surface area contributed by atoms with Gasteiger partial charge in [-0.25, -0.2) is 9.97 Å². The molecule has 0 spiro atoms. The molecule has 0 radical (unpaired) electrons. The summed E-state index contributed by atoms with van der Waals surface area (Å²) in [5.74, 6) is 1.58. The maximum absolute atomic E-state index is 12.9. The van der Waals surface area contributed by atoms with Crippen molar-refractivity contribution in [1.29, 1.82) is 0 Å². The Bertz CT molecular complexity index is 1040. The first-order chi connectivity index (χ1) is 15.5. The van der Waals surface area contributed by atoms with Crippen LogP contribution in [0.1, 0.15) is 67.9 Å². The number of likely N-dealkylation sites (tertiary alicyclic amines) is 1. The molecule has 1 aliphatic heterocycles. The molecule has 0 bridgehead atoms. The molecule has 4 heterocycles. The van der Waals surface area contributed by atoms with E-state index in [2.05, 4.69) is 41.2 Å². The Morgan fingerprint density at radius 2 is 2.00 bits per heavy atom. The average molecular weight is 435 g/mol. The molecule has 0 aliphatic carbocycles. The highest BCUT2D eigenvalue weighted by atomic mass is 16.5. The van der Waals surface area contributed by atoms with Crippen LogP contribution in [0.2, 0.25) is 0 Å². The van der Waals surface area contributed by atoms with Crippen LogP contribution >= 0.6 is 0 Å². The van der Waals surface area contributed by atoms with E-state index in [1.54, 1.807) is 18.5 Å². The van der Waals surface area contributed by atoms with Crippen LogP contribution in [0.4, 0.5) is 5.95 Å². The smallest absolute Gasteiger partial charge is 0.276 e. The van der Waals surface area contributed by atoms with E-state index in [9.17, 15) is 4.79 Å². The summed E-state index contributed by atoms with van der Waals surface area (Å²) in [4.78, 5) is 28.3. The third-order valence-electron chi connectivity index (χ3n) is 5.67. The van der Waals surface area contributed by atoms with Gasteiger partial charge in [0.15, 0.2) is 5.69 Å². The third kappa shape index (κ3) is 4.95. The Kier molecular flexibility index (Phi) is 6.78. The third-order valence-corrected chi connectivity index (χ3v) is 5.67. The Balaban J connectivity index is 1.52. The van der Waals surface area contributed by atoms with Crippen molar-refractivity contribution in [2.24, 2.45) is 0 Å². The van der Waals surface area contributed by atoms with Crippen molar-refractivity contribution in [3.05, 3.63) is 53.9 Å². The van der Waals surface area contributed by atoms with Gasteiger partial charge in [-0.1, -0.05) is 12.1 Å². The van der Waals surface area contributed by atoms with Gasteiger partial charge in [0, 0.05) is 61.7 Å². The minimum atomic E-state index is -0.0613. The SMILES string of the molecule is CCCc1cc(C(=O)N2CCC(c3nc(NC(C)C)ncc3-c3ccncc3)CC2)no1. The lowest BCUT2D eigenvalue weighted by atomic mass is 9.89. The zero-order valence-electron chi connectivity index (χ0n) is 18.9. The quantitative estimate of drug-likeness (QED) is 0.591. The number of nitrogens with zero attached hydrogens (tertiary/aromatic N) is 5. The van der Waals surface area contributed by atoms with E-state index in [0.29, 0.717) is 24.7 Å². The van der Waals surface area contributed by atoms with Crippen molar-refractivity contribution < 1.29 is 9.32 Å². The molecule has 32 heavy (non-hydrogen) atoms. The predicted octanol–water partition coefficient (Wildman–Crippen LogP) is 4.32. The number of rotatable bonds is 7. The molecule has 8 heteroatoms. The zero-order chi connectivity index (χ0) is 22.5.